The Morgan fingerprint density at radius 1 is 1.19 bits per heavy atom. The Morgan fingerprint density at radius 3 is 2.73 bits per heavy atom. The molecule has 136 valence electrons. The molecule has 1 unspecified atom stereocenters. The van der Waals surface area contributed by atoms with E-state index in [-0.39, 0.29) is 5.56 Å². The van der Waals surface area contributed by atoms with Gasteiger partial charge in [0.05, 0.1) is 11.6 Å². The van der Waals surface area contributed by atoms with Crippen LogP contribution in [0.15, 0.2) is 59.8 Å². The van der Waals surface area contributed by atoms with Gasteiger partial charge >= 0.3 is 6.18 Å². The van der Waals surface area contributed by atoms with Gasteiger partial charge in [0.2, 0.25) is 0 Å². The molecule has 1 atom stereocenters. The zero-order valence-corrected chi connectivity index (χ0v) is 13.6. The molecule has 0 radical (unpaired) electrons. The number of hydrogen-bond donors (Lipinski definition) is 2. The van der Waals surface area contributed by atoms with E-state index in [9.17, 15) is 18.0 Å². The smallest absolute Gasteiger partial charge is 0.314 e. The summed E-state index contributed by atoms with van der Waals surface area (Å²) in [7, 11) is 0. The molecule has 0 aliphatic carbocycles. The maximum Gasteiger partial charge on any atom is 0.416 e. The predicted octanol–water partition coefficient (Wildman–Crippen LogP) is 2.36. The first-order valence-corrected chi connectivity index (χ1v) is 7.86. The Kier molecular flexibility index (Phi) is 5.17. The van der Waals surface area contributed by atoms with Crippen molar-refractivity contribution in [1.82, 2.24) is 25.1 Å². The van der Waals surface area contributed by atoms with Gasteiger partial charge in [0.1, 0.15) is 12.2 Å². The van der Waals surface area contributed by atoms with Crippen LogP contribution in [0.25, 0.3) is 0 Å². The van der Waals surface area contributed by atoms with Crippen molar-refractivity contribution in [3.8, 4) is 0 Å². The first-order valence-electron chi connectivity index (χ1n) is 7.86. The summed E-state index contributed by atoms with van der Waals surface area (Å²) >= 11 is 0. The van der Waals surface area contributed by atoms with E-state index in [1.807, 2.05) is 0 Å². The van der Waals surface area contributed by atoms with Gasteiger partial charge in [-0.05, 0) is 23.8 Å². The highest BCUT2D eigenvalue weighted by Crippen LogP contribution is 2.31. The molecule has 0 spiro atoms. The molecular weight excluding hydrogens is 347 g/mol. The molecule has 0 saturated heterocycles. The highest BCUT2D eigenvalue weighted by Gasteiger charge is 2.31. The van der Waals surface area contributed by atoms with Crippen molar-refractivity contribution >= 4 is 0 Å². The highest BCUT2D eigenvalue weighted by molar-refractivity contribution is 5.31. The van der Waals surface area contributed by atoms with E-state index in [1.54, 1.807) is 24.4 Å². The van der Waals surface area contributed by atoms with Gasteiger partial charge in [0.25, 0.3) is 5.56 Å². The van der Waals surface area contributed by atoms with Gasteiger partial charge in [-0.15, -0.1) is 0 Å². The van der Waals surface area contributed by atoms with E-state index in [0.717, 1.165) is 12.1 Å². The highest BCUT2D eigenvalue weighted by atomic mass is 19.4. The van der Waals surface area contributed by atoms with E-state index in [4.69, 9.17) is 0 Å². The van der Waals surface area contributed by atoms with Crippen molar-refractivity contribution in [1.29, 1.82) is 0 Å². The van der Waals surface area contributed by atoms with Crippen molar-refractivity contribution < 1.29 is 13.2 Å². The molecule has 2 heterocycles. The lowest BCUT2D eigenvalue weighted by molar-refractivity contribution is -0.137. The Morgan fingerprint density at radius 2 is 2.04 bits per heavy atom. The van der Waals surface area contributed by atoms with Crippen molar-refractivity contribution in [2.75, 3.05) is 6.54 Å². The molecule has 2 N–H and O–H groups in total. The minimum Gasteiger partial charge on any atom is -0.314 e. The van der Waals surface area contributed by atoms with Crippen LogP contribution in [0.1, 0.15) is 23.0 Å². The number of aromatic amines is 1. The Bertz CT molecular complexity index is 905. The lowest BCUT2D eigenvalue weighted by atomic mass is 10.0. The minimum atomic E-state index is -4.43. The Balaban J connectivity index is 1.81. The zero-order chi connectivity index (χ0) is 18.6. The second-order valence-electron chi connectivity index (χ2n) is 5.61. The molecule has 3 aromatic rings. The average molecular weight is 363 g/mol. The third kappa shape index (κ3) is 4.17. The summed E-state index contributed by atoms with van der Waals surface area (Å²) in [6, 6.07) is 9.25. The summed E-state index contributed by atoms with van der Waals surface area (Å²) in [6.07, 6.45) is -1.49. The van der Waals surface area contributed by atoms with Crippen LogP contribution in [0.2, 0.25) is 0 Å². The molecule has 26 heavy (non-hydrogen) atoms. The van der Waals surface area contributed by atoms with Crippen molar-refractivity contribution in [2.24, 2.45) is 0 Å². The Hall–Kier alpha value is -2.94. The monoisotopic (exact) mass is 363 g/mol. The molecule has 0 amide bonds. The molecule has 0 bridgehead atoms. The van der Waals surface area contributed by atoms with Crippen LogP contribution in [0.3, 0.4) is 0 Å². The minimum absolute atomic E-state index is 0.149. The molecule has 6 nitrogen and oxygen atoms in total. The summed E-state index contributed by atoms with van der Waals surface area (Å²) in [5.41, 5.74) is -0.484. The number of aromatic nitrogens is 4. The summed E-state index contributed by atoms with van der Waals surface area (Å²) in [6.45, 7) is 0.717. The SMILES string of the molecule is O=c1ccccn1CCNC(c1cccc(C(F)(F)F)c1)c1ncn[nH]1. The lowest BCUT2D eigenvalue weighted by Crippen LogP contribution is -2.30. The van der Waals surface area contributed by atoms with Crippen LogP contribution in [0, 0.1) is 0 Å². The van der Waals surface area contributed by atoms with Gasteiger partial charge in [-0.2, -0.15) is 18.3 Å². The lowest BCUT2D eigenvalue weighted by Gasteiger charge is -2.18. The van der Waals surface area contributed by atoms with Crippen LogP contribution >= 0.6 is 0 Å². The van der Waals surface area contributed by atoms with Gasteiger partial charge in [-0.25, -0.2) is 4.98 Å². The van der Waals surface area contributed by atoms with Crippen LogP contribution in [0.5, 0.6) is 0 Å². The first-order chi connectivity index (χ1) is 12.4. The Labute approximate surface area is 146 Å². The van der Waals surface area contributed by atoms with E-state index in [0.29, 0.717) is 24.5 Å². The third-order valence-corrected chi connectivity index (χ3v) is 3.85. The number of halogens is 3. The van der Waals surface area contributed by atoms with E-state index in [1.165, 1.54) is 23.0 Å². The molecule has 0 fully saturated rings. The summed E-state index contributed by atoms with van der Waals surface area (Å²) < 4.78 is 40.5. The molecule has 0 aliphatic heterocycles. The van der Waals surface area contributed by atoms with Crippen molar-refractivity contribution in [3.05, 3.63) is 82.3 Å². The molecule has 0 saturated carbocycles. The standard InChI is InChI=1S/C17H16F3N5O/c18-17(19,20)13-5-3-4-12(10-13)15(16-22-11-23-24-16)21-7-9-25-8-2-1-6-14(25)26/h1-6,8,10-11,15,21H,7,9H2,(H,22,23,24). The van der Waals surface area contributed by atoms with Gasteiger partial charge in [0.15, 0.2) is 0 Å². The molecule has 0 aliphatic rings. The third-order valence-electron chi connectivity index (χ3n) is 3.85. The summed E-state index contributed by atoms with van der Waals surface area (Å²) in [5.74, 6) is 0.393. The second kappa shape index (κ2) is 7.52. The van der Waals surface area contributed by atoms with Crippen LogP contribution in [-0.2, 0) is 12.7 Å². The van der Waals surface area contributed by atoms with Crippen LogP contribution in [-0.4, -0.2) is 26.3 Å². The number of rotatable bonds is 6. The molecule has 3 rings (SSSR count). The van der Waals surface area contributed by atoms with Crippen molar-refractivity contribution in [2.45, 2.75) is 18.8 Å². The van der Waals surface area contributed by atoms with Gasteiger partial charge in [0, 0.05) is 25.4 Å². The second-order valence-corrected chi connectivity index (χ2v) is 5.61. The largest absolute Gasteiger partial charge is 0.416 e. The fraction of sp³-hybridized carbons (Fsp3) is 0.235. The van der Waals surface area contributed by atoms with E-state index < -0.39 is 17.8 Å². The number of nitrogens with zero attached hydrogens (tertiary/aromatic N) is 3. The predicted molar refractivity (Wildman–Crippen MR) is 88.4 cm³/mol. The number of hydrogen-bond acceptors (Lipinski definition) is 4. The van der Waals surface area contributed by atoms with Gasteiger partial charge in [-0.3, -0.25) is 9.89 Å². The molecule has 9 heteroatoms. The number of H-pyrrole nitrogens is 1. The van der Waals surface area contributed by atoms with Gasteiger partial charge < -0.3 is 9.88 Å². The topological polar surface area (TPSA) is 75.6 Å². The fourth-order valence-corrected chi connectivity index (χ4v) is 2.60. The zero-order valence-electron chi connectivity index (χ0n) is 13.6. The summed E-state index contributed by atoms with van der Waals surface area (Å²) in [4.78, 5) is 15.8. The first kappa shape index (κ1) is 17.9. The quantitative estimate of drug-likeness (QED) is 0.705. The normalized spacial score (nSPS) is 12.9. The maximum absolute atomic E-state index is 13.0. The van der Waals surface area contributed by atoms with Crippen LogP contribution < -0.4 is 10.9 Å². The fourth-order valence-electron chi connectivity index (χ4n) is 2.60. The number of nitrogens with one attached hydrogen (secondary N) is 2. The molecule has 1 aromatic carbocycles. The van der Waals surface area contributed by atoms with Crippen LogP contribution in [0.4, 0.5) is 13.2 Å². The van der Waals surface area contributed by atoms with E-state index >= 15 is 0 Å². The molecule has 2 aromatic heterocycles. The number of alkyl halides is 3. The number of benzene rings is 1. The van der Waals surface area contributed by atoms with Gasteiger partial charge in [-0.1, -0.05) is 18.2 Å². The summed E-state index contributed by atoms with van der Waals surface area (Å²) in [5, 5.41) is 9.58. The average Bonchev–Trinajstić information content (AvgIpc) is 3.14. The van der Waals surface area contributed by atoms with E-state index in [2.05, 4.69) is 20.5 Å². The maximum atomic E-state index is 13.0. The number of pyridine rings is 1. The molecular formula is C17H16F3N5O. The van der Waals surface area contributed by atoms with Crippen molar-refractivity contribution in [3.63, 3.8) is 0 Å².